The zero-order valence-corrected chi connectivity index (χ0v) is 4.28. The van der Waals surface area contributed by atoms with Crippen LogP contribution in [0.5, 0.6) is 0 Å². The molecule has 3 N–H and O–H groups in total. The molecule has 0 aromatic rings. The van der Waals surface area contributed by atoms with Crippen molar-refractivity contribution >= 4 is 0 Å². The number of alkyl halides is 1. The molecule has 44 valence electrons. The Hall–Kier alpha value is -0.150. The first-order valence-corrected chi connectivity index (χ1v) is 2.41. The van der Waals surface area contributed by atoms with E-state index in [0.717, 1.165) is 6.42 Å². The lowest BCUT2D eigenvalue weighted by atomic mass is 10.3. The quantitative estimate of drug-likeness (QED) is 0.305. The first kappa shape index (κ1) is 6.85. The lowest BCUT2D eigenvalue weighted by Crippen LogP contribution is -2.22. The third kappa shape index (κ3) is 5.85. The van der Waals surface area contributed by atoms with Crippen molar-refractivity contribution in [3.63, 3.8) is 0 Å². The van der Waals surface area contributed by atoms with Crippen LogP contribution < -0.4 is 11.3 Å². The van der Waals surface area contributed by atoms with E-state index in [4.69, 9.17) is 5.84 Å². The minimum atomic E-state index is -0.234. The number of rotatable bonds is 4. The van der Waals surface area contributed by atoms with Gasteiger partial charge in [0, 0.05) is 6.54 Å². The smallest absolute Gasteiger partial charge is 0.0894 e. The normalized spacial score (nSPS) is 9.43. The molecule has 0 aliphatic heterocycles. The Morgan fingerprint density at radius 3 is 2.57 bits per heavy atom. The molecule has 0 unspecified atom stereocenters. The highest BCUT2D eigenvalue weighted by atomic mass is 19.1. The van der Waals surface area contributed by atoms with Crippen LogP contribution in [0, 0.1) is 0 Å². The summed E-state index contributed by atoms with van der Waals surface area (Å²) in [6.07, 6.45) is 1.44. The first-order valence-electron chi connectivity index (χ1n) is 2.41. The van der Waals surface area contributed by atoms with Crippen molar-refractivity contribution in [1.29, 1.82) is 0 Å². The third-order valence-corrected chi connectivity index (χ3v) is 0.705. The fourth-order valence-corrected chi connectivity index (χ4v) is 0.322. The lowest BCUT2D eigenvalue weighted by molar-refractivity contribution is 0.456. The summed E-state index contributed by atoms with van der Waals surface area (Å²) < 4.78 is 11.2. The molecule has 0 bridgehead atoms. The maximum Gasteiger partial charge on any atom is 0.0894 e. The Morgan fingerprint density at radius 1 is 1.43 bits per heavy atom. The van der Waals surface area contributed by atoms with E-state index < -0.39 is 0 Å². The van der Waals surface area contributed by atoms with Crippen LogP contribution in [-0.2, 0) is 0 Å². The van der Waals surface area contributed by atoms with E-state index in [9.17, 15) is 4.39 Å². The van der Waals surface area contributed by atoms with E-state index >= 15 is 0 Å². The van der Waals surface area contributed by atoms with Crippen molar-refractivity contribution < 1.29 is 4.39 Å². The second-order valence-electron chi connectivity index (χ2n) is 1.35. The molecule has 7 heavy (non-hydrogen) atoms. The minimum Gasteiger partial charge on any atom is -0.271 e. The van der Waals surface area contributed by atoms with Crippen LogP contribution in [0.15, 0.2) is 0 Å². The first-order chi connectivity index (χ1) is 3.41. The predicted molar refractivity (Wildman–Crippen MR) is 27.4 cm³/mol. The summed E-state index contributed by atoms with van der Waals surface area (Å²) >= 11 is 0. The van der Waals surface area contributed by atoms with Gasteiger partial charge in [0.05, 0.1) is 6.67 Å². The van der Waals surface area contributed by atoms with Crippen molar-refractivity contribution in [2.75, 3.05) is 13.2 Å². The van der Waals surface area contributed by atoms with Gasteiger partial charge in [0.15, 0.2) is 0 Å². The molecule has 0 amide bonds. The summed E-state index contributed by atoms with van der Waals surface area (Å²) in [4.78, 5) is 0. The molecular formula is C4H11FN2. The van der Waals surface area contributed by atoms with Gasteiger partial charge in [-0.1, -0.05) is 0 Å². The van der Waals surface area contributed by atoms with Crippen LogP contribution in [0.25, 0.3) is 0 Å². The van der Waals surface area contributed by atoms with Crippen LogP contribution >= 0.6 is 0 Å². The Balaban J connectivity index is 2.45. The lowest BCUT2D eigenvalue weighted by Gasteiger charge is -1.91. The minimum absolute atomic E-state index is 0.234. The summed E-state index contributed by atoms with van der Waals surface area (Å²) in [5.41, 5.74) is 2.44. The average molecular weight is 106 g/mol. The number of nitrogens with two attached hydrogens (primary N) is 1. The molecule has 0 saturated heterocycles. The molecule has 2 nitrogen and oxygen atoms in total. The van der Waals surface area contributed by atoms with Gasteiger partial charge in [-0.25, -0.2) is 0 Å². The monoisotopic (exact) mass is 106 g/mol. The maximum atomic E-state index is 11.2. The van der Waals surface area contributed by atoms with Crippen LogP contribution in [0.2, 0.25) is 0 Å². The van der Waals surface area contributed by atoms with Crippen molar-refractivity contribution in [3.8, 4) is 0 Å². The van der Waals surface area contributed by atoms with E-state index in [2.05, 4.69) is 5.43 Å². The standard InChI is InChI=1S/C4H11FN2/c5-3-1-2-4-7-6/h7H,1-4,6H2. The largest absolute Gasteiger partial charge is 0.271 e. The third-order valence-electron chi connectivity index (χ3n) is 0.705. The molecule has 0 atom stereocenters. The molecule has 0 fully saturated rings. The van der Waals surface area contributed by atoms with Gasteiger partial charge in [0.25, 0.3) is 0 Å². The van der Waals surface area contributed by atoms with Gasteiger partial charge < -0.3 is 0 Å². The number of nitrogens with one attached hydrogen (secondary N) is 1. The van der Waals surface area contributed by atoms with E-state index in [1.54, 1.807) is 0 Å². The maximum absolute atomic E-state index is 11.2. The fourth-order valence-electron chi connectivity index (χ4n) is 0.322. The highest BCUT2D eigenvalue weighted by Crippen LogP contribution is 1.84. The average Bonchev–Trinajstić information content (AvgIpc) is 1.69. The van der Waals surface area contributed by atoms with Gasteiger partial charge in [-0.15, -0.1) is 0 Å². The molecular weight excluding hydrogens is 95.1 g/mol. The van der Waals surface area contributed by atoms with Crippen molar-refractivity contribution in [2.24, 2.45) is 5.84 Å². The fraction of sp³-hybridized carbons (Fsp3) is 1.00. The second kappa shape index (κ2) is 5.85. The van der Waals surface area contributed by atoms with Gasteiger partial charge in [-0.05, 0) is 12.8 Å². The van der Waals surface area contributed by atoms with Gasteiger partial charge in [-0.2, -0.15) is 0 Å². The Morgan fingerprint density at radius 2 is 2.14 bits per heavy atom. The molecule has 0 spiro atoms. The predicted octanol–water partition coefficient (Wildman–Crippen LogP) is 0.199. The summed E-state index contributed by atoms with van der Waals surface area (Å²) in [6, 6.07) is 0. The molecule has 0 heterocycles. The van der Waals surface area contributed by atoms with E-state index in [0.29, 0.717) is 13.0 Å². The molecule has 0 aromatic carbocycles. The molecule has 0 aromatic heterocycles. The van der Waals surface area contributed by atoms with Gasteiger partial charge in [0.1, 0.15) is 0 Å². The second-order valence-corrected chi connectivity index (χ2v) is 1.35. The van der Waals surface area contributed by atoms with E-state index in [1.807, 2.05) is 0 Å². The summed E-state index contributed by atoms with van der Waals surface area (Å²) in [5.74, 6) is 4.90. The van der Waals surface area contributed by atoms with Crippen LogP contribution in [0.3, 0.4) is 0 Å². The Bertz CT molecular complexity index is 28.9. The number of hydrogen-bond acceptors (Lipinski definition) is 2. The number of hydrazine groups is 1. The SMILES string of the molecule is NNCCCCF. The molecule has 0 saturated carbocycles. The topological polar surface area (TPSA) is 38.0 Å². The molecule has 0 radical (unpaired) electrons. The van der Waals surface area contributed by atoms with Crippen LogP contribution in [-0.4, -0.2) is 13.2 Å². The highest BCUT2D eigenvalue weighted by Gasteiger charge is 1.81. The van der Waals surface area contributed by atoms with Crippen molar-refractivity contribution in [3.05, 3.63) is 0 Å². The molecule has 0 aliphatic rings. The van der Waals surface area contributed by atoms with Gasteiger partial charge >= 0.3 is 0 Å². The van der Waals surface area contributed by atoms with Gasteiger partial charge in [-0.3, -0.25) is 15.7 Å². The van der Waals surface area contributed by atoms with E-state index in [1.165, 1.54) is 0 Å². The van der Waals surface area contributed by atoms with Gasteiger partial charge in [0.2, 0.25) is 0 Å². The number of hydrogen-bond donors (Lipinski definition) is 2. The van der Waals surface area contributed by atoms with Crippen LogP contribution in [0.1, 0.15) is 12.8 Å². The summed E-state index contributed by atoms with van der Waals surface area (Å²) in [7, 11) is 0. The zero-order valence-electron chi connectivity index (χ0n) is 4.28. The summed E-state index contributed by atoms with van der Waals surface area (Å²) in [5, 5.41) is 0. The Kier molecular flexibility index (Phi) is 5.72. The summed E-state index contributed by atoms with van der Waals surface area (Å²) in [6.45, 7) is 0.478. The Labute approximate surface area is 42.9 Å². The van der Waals surface area contributed by atoms with E-state index in [-0.39, 0.29) is 6.67 Å². The molecule has 3 heteroatoms. The number of unbranched alkanes of at least 4 members (excludes halogenated alkanes) is 1. The molecule has 0 rings (SSSR count). The highest BCUT2D eigenvalue weighted by molar-refractivity contribution is 4.37. The number of halogens is 1. The van der Waals surface area contributed by atoms with Crippen molar-refractivity contribution in [2.45, 2.75) is 12.8 Å². The van der Waals surface area contributed by atoms with Crippen LogP contribution in [0.4, 0.5) is 4.39 Å². The zero-order chi connectivity index (χ0) is 5.54. The van der Waals surface area contributed by atoms with Crippen molar-refractivity contribution in [1.82, 2.24) is 5.43 Å². The molecule has 0 aliphatic carbocycles.